The number of aryl methyl sites for hydroxylation is 2. The van der Waals surface area contributed by atoms with Gasteiger partial charge in [-0.25, -0.2) is 9.97 Å². The lowest BCUT2D eigenvalue weighted by Crippen LogP contribution is -2.16. The average molecular weight is 312 g/mol. The summed E-state index contributed by atoms with van der Waals surface area (Å²) >= 11 is 0. The van der Waals surface area contributed by atoms with Crippen LogP contribution < -0.4 is 10.6 Å². The predicted molar refractivity (Wildman–Crippen MR) is 94.0 cm³/mol. The van der Waals surface area contributed by atoms with E-state index in [2.05, 4.69) is 41.4 Å². The van der Waals surface area contributed by atoms with E-state index in [0.717, 1.165) is 42.6 Å². The lowest BCUT2D eigenvalue weighted by Gasteiger charge is -2.14. The number of carbonyl (C=O) groups is 1. The molecule has 0 saturated carbocycles. The van der Waals surface area contributed by atoms with Gasteiger partial charge in [-0.2, -0.15) is 0 Å². The molecule has 2 rings (SSSR count). The minimum absolute atomic E-state index is 0.178. The Labute approximate surface area is 137 Å². The Morgan fingerprint density at radius 1 is 1.04 bits per heavy atom. The van der Waals surface area contributed by atoms with Crippen LogP contribution in [0.1, 0.15) is 48.7 Å². The Morgan fingerprint density at radius 2 is 1.65 bits per heavy atom. The van der Waals surface area contributed by atoms with Crippen LogP contribution in [0.2, 0.25) is 0 Å². The topological polar surface area (TPSA) is 66.9 Å². The highest BCUT2D eigenvalue weighted by Crippen LogP contribution is 2.23. The van der Waals surface area contributed by atoms with E-state index in [4.69, 9.17) is 0 Å². The average Bonchev–Trinajstić information content (AvgIpc) is 2.60. The largest absolute Gasteiger partial charge is 0.354 e. The first-order valence-corrected chi connectivity index (χ1v) is 8.17. The van der Waals surface area contributed by atoms with Gasteiger partial charge in [0.1, 0.15) is 0 Å². The Hall–Kier alpha value is -2.43. The van der Waals surface area contributed by atoms with Gasteiger partial charge in [-0.1, -0.05) is 39.0 Å². The number of carbonyl (C=O) groups excluding carboxylic acids is 1. The number of hydrogen-bond acceptors (Lipinski definition) is 4. The van der Waals surface area contributed by atoms with Crippen LogP contribution in [0.25, 0.3) is 0 Å². The van der Waals surface area contributed by atoms with Crippen molar-refractivity contribution in [3.8, 4) is 0 Å². The smallest absolute Gasteiger partial charge is 0.258 e. The molecule has 0 bridgehead atoms. The minimum atomic E-state index is -0.178. The number of nitrogens with zero attached hydrogens (tertiary/aromatic N) is 2. The molecule has 0 aliphatic heterocycles. The van der Waals surface area contributed by atoms with Crippen molar-refractivity contribution in [2.24, 2.45) is 0 Å². The standard InChI is InChI=1S/C18H24N4O/c1-4-10-19-18-20-11-15(12-21-18)17(23)22-16-13(5-2)8-7-9-14(16)6-3/h7-9,11-12H,4-6,10H2,1-3H3,(H,22,23)(H,19,20,21). The molecule has 0 atom stereocenters. The normalized spacial score (nSPS) is 10.4. The number of hydrogen-bond donors (Lipinski definition) is 2. The van der Waals surface area contributed by atoms with E-state index in [9.17, 15) is 4.79 Å². The maximum atomic E-state index is 12.5. The highest BCUT2D eigenvalue weighted by atomic mass is 16.1. The molecule has 1 heterocycles. The van der Waals surface area contributed by atoms with Crippen molar-refractivity contribution in [3.63, 3.8) is 0 Å². The van der Waals surface area contributed by atoms with Gasteiger partial charge in [0.25, 0.3) is 5.91 Å². The highest BCUT2D eigenvalue weighted by molar-refractivity contribution is 6.04. The van der Waals surface area contributed by atoms with E-state index in [1.165, 1.54) is 0 Å². The van der Waals surface area contributed by atoms with Crippen LogP contribution in [-0.2, 0) is 12.8 Å². The van der Waals surface area contributed by atoms with E-state index in [-0.39, 0.29) is 5.91 Å². The molecule has 23 heavy (non-hydrogen) atoms. The highest BCUT2D eigenvalue weighted by Gasteiger charge is 2.12. The van der Waals surface area contributed by atoms with E-state index >= 15 is 0 Å². The van der Waals surface area contributed by atoms with Crippen LogP contribution in [0.3, 0.4) is 0 Å². The third-order valence-electron chi connectivity index (χ3n) is 3.68. The van der Waals surface area contributed by atoms with E-state index in [0.29, 0.717) is 11.5 Å². The van der Waals surface area contributed by atoms with Gasteiger partial charge >= 0.3 is 0 Å². The molecule has 0 unspecified atom stereocenters. The van der Waals surface area contributed by atoms with Crippen LogP contribution in [0, 0.1) is 0 Å². The molecule has 1 aromatic heterocycles. The number of para-hydroxylation sites is 1. The summed E-state index contributed by atoms with van der Waals surface area (Å²) in [7, 11) is 0. The molecular formula is C18H24N4O. The second-order valence-electron chi connectivity index (χ2n) is 5.33. The van der Waals surface area contributed by atoms with Crippen molar-refractivity contribution in [2.45, 2.75) is 40.0 Å². The third-order valence-corrected chi connectivity index (χ3v) is 3.68. The molecule has 0 fully saturated rings. The molecule has 2 aromatic rings. The van der Waals surface area contributed by atoms with Crippen molar-refractivity contribution >= 4 is 17.5 Å². The number of amides is 1. The van der Waals surface area contributed by atoms with Crippen LogP contribution in [0.15, 0.2) is 30.6 Å². The number of benzene rings is 1. The maximum Gasteiger partial charge on any atom is 0.258 e. The van der Waals surface area contributed by atoms with Crippen molar-refractivity contribution in [1.82, 2.24) is 9.97 Å². The van der Waals surface area contributed by atoms with Crippen molar-refractivity contribution in [1.29, 1.82) is 0 Å². The first-order valence-electron chi connectivity index (χ1n) is 8.17. The first-order chi connectivity index (χ1) is 11.2. The molecule has 1 aromatic carbocycles. The molecule has 1 amide bonds. The zero-order chi connectivity index (χ0) is 16.7. The van der Waals surface area contributed by atoms with Crippen LogP contribution in [0.5, 0.6) is 0 Å². The molecule has 0 aliphatic carbocycles. The van der Waals surface area contributed by atoms with E-state index < -0.39 is 0 Å². The van der Waals surface area contributed by atoms with Gasteiger partial charge in [-0.3, -0.25) is 4.79 Å². The molecule has 2 N–H and O–H groups in total. The Balaban J connectivity index is 2.16. The second kappa shape index (κ2) is 8.27. The minimum Gasteiger partial charge on any atom is -0.354 e. The molecular weight excluding hydrogens is 288 g/mol. The molecule has 0 aliphatic rings. The van der Waals surface area contributed by atoms with Crippen molar-refractivity contribution < 1.29 is 4.79 Å². The molecule has 122 valence electrons. The fraction of sp³-hybridized carbons (Fsp3) is 0.389. The summed E-state index contributed by atoms with van der Waals surface area (Å²) in [4.78, 5) is 20.8. The van der Waals surface area contributed by atoms with Gasteiger partial charge in [0, 0.05) is 24.6 Å². The summed E-state index contributed by atoms with van der Waals surface area (Å²) in [6, 6.07) is 6.12. The van der Waals surface area contributed by atoms with Gasteiger partial charge in [-0.15, -0.1) is 0 Å². The number of rotatable bonds is 7. The lowest BCUT2D eigenvalue weighted by molar-refractivity contribution is 0.102. The summed E-state index contributed by atoms with van der Waals surface area (Å²) in [5.74, 6) is 0.370. The SMILES string of the molecule is CCCNc1ncc(C(=O)Nc2c(CC)cccc2CC)cn1. The van der Waals surface area contributed by atoms with Gasteiger partial charge in [0.2, 0.25) is 5.95 Å². The molecule has 0 spiro atoms. The van der Waals surface area contributed by atoms with Crippen molar-refractivity contribution in [2.75, 3.05) is 17.2 Å². The third kappa shape index (κ3) is 4.28. The number of anilines is 2. The molecule has 0 radical (unpaired) electrons. The fourth-order valence-corrected chi connectivity index (χ4v) is 2.36. The molecule has 0 saturated heterocycles. The zero-order valence-corrected chi connectivity index (χ0v) is 14.0. The van der Waals surface area contributed by atoms with Crippen LogP contribution >= 0.6 is 0 Å². The first kappa shape index (κ1) is 16.9. The number of nitrogens with one attached hydrogen (secondary N) is 2. The Morgan fingerprint density at radius 3 is 2.17 bits per heavy atom. The Bertz CT molecular complexity index is 630. The monoisotopic (exact) mass is 312 g/mol. The zero-order valence-electron chi connectivity index (χ0n) is 14.0. The lowest BCUT2D eigenvalue weighted by atomic mass is 10.0. The quantitative estimate of drug-likeness (QED) is 0.818. The number of aromatic nitrogens is 2. The fourth-order valence-electron chi connectivity index (χ4n) is 2.36. The summed E-state index contributed by atoms with van der Waals surface area (Å²) < 4.78 is 0. The van der Waals surface area contributed by atoms with Gasteiger partial charge in [0.05, 0.1) is 5.56 Å². The van der Waals surface area contributed by atoms with Crippen LogP contribution in [0.4, 0.5) is 11.6 Å². The van der Waals surface area contributed by atoms with Crippen molar-refractivity contribution in [3.05, 3.63) is 47.3 Å². The van der Waals surface area contributed by atoms with Gasteiger partial charge in [-0.05, 0) is 30.4 Å². The van der Waals surface area contributed by atoms with Crippen LogP contribution in [-0.4, -0.2) is 22.4 Å². The second-order valence-corrected chi connectivity index (χ2v) is 5.33. The van der Waals surface area contributed by atoms with Gasteiger partial charge < -0.3 is 10.6 Å². The maximum absolute atomic E-state index is 12.5. The molecule has 5 nitrogen and oxygen atoms in total. The summed E-state index contributed by atoms with van der Waals surface area (Å²) in [6.45, 7) is 7.06. The predicted octanol–water partition coefficient (Wildman–Crippen LogP) is 3.68. The summed E-state index contributed by atoms with van der Waals surface area (Å²) in [5.41, 5.74) is 3.65. The molecule has 5 heteroatoms. The summed E-state index contributed by atoms with van der Waals surface area (Å²) in [5, 5.41) is 6.11. The Kier molecular flexibility index (Phi) is 6.09. The van der Waals surface area contributed by atoms with Gasteiger partial charge in [0.15, 0.2) is 0 Å². The van der Waals surface area contributed by atoms with E-state index in [1.807, 2.05) is 18.2 Å². The summed E-state index contributed by atoms with van der Waals surface area (Å²) in [6.07, 6.45) is 5.86. The van der Waals surface area contributed by atoms with E-state index in [1.54, 1.807) is 12.4 Å².